The molecule has 3 aromatic carbocycles. The molecule has 0 aliphatic heterocycles. The van der Waals surface area contributed by atoms with Gasteiger partial charge in [-0.3, -0.25) is 9.59 Å². The van der Waals surface area contributed by atoms with E-state index in [0.717, 1.165) is 23.1 Å². The molecule has 0 spiro atoms. The lowest BCUT2D eigenvalue weighted by molar-refractivity contribution is -0.143. The van der Waals surface area contributed by atoms with Gasteiger partial charge in [-0.05, 0) is 61.2 Å². The third-order valence-corrected chi connectivity index (χ3v) is 6.30. The Morgan fingerprint density at radius 1 is 0.971 bits per heavy atom. The summed E-state index contributed by atoms with van der Waals surface area (Å²) >= 11 is 5.96. The molecule has 0 unspecified atom stereocenters. The van der Waals surface area contributed by atoms with E-state index in [1.165, 1.54) is 0 Å². The molecule has 0 radical (unpaired) electrons. The van der Waals surface area contributed by atoms with Crippen LogP contribution in [0.15, 0.2) is 78.9 Å². The number of hydrogen-bond donors (Lipinski definition) is 1. The van der Waals surface area contributed by atoms with E-state index < -0.39 is 6.04 Å². The standard InChI is InChI=1S/C29H33ClN2O3/c1-4-22(3)31-29(34)27(18-23-11-6-5-7-12-23)32(19-24-13-9-8-10-21(24)2)28(33)20-35-26-16-14-25(30)15-17-26/h5-17,22,27H,4,18-20H2,1-3H3,(H,31,34)/t22-,27+/m1/s1. The van der Waals surface area contributed by atoms with Gasteiger partial charge < -0.3 is 15.0 Å². The summed E-state index contributed by atoms with van der Waals surface area (Å²) in [6.45, 7) is 6.12. The molecule has 2 atom stereocenters. The molecule has 0 fully saturated rings. The third-order valence-electron chi connectivity index (χ3n) is 6.05. The molecule has 2 amide bonds. The van der Waals surface area contributed by atoms with E-state index in [-0.39, 0.29) is 24.5 Å². The fourth-order valence-corrected chi connectivity index (χ4v) is 3.85. The fraction of sp³-hybridized carbons (Fsp3) is 0.310. The van der Waals surface area contributed by atoms with Crippen molar-refractivity contribution in [3.8, 4) is 5.75 Å². The fourth-order valence-electron chi connectivity index (χ4n) is 3.72. The van der Waals surface area contributed by atoms with Crippen molar-refractivity contribution < 1.29 is 14.3 Å². The minimum absolute atomic E-state index is 0.00139. The largest absolute Gasteiger partial charge is 0.484 e. The normalized spacial score (nSPS) is 12.5. The lowest BCUT2D eigenvalue weighted by Gasteiger charge is -2.32. The number of nitrogens with zero attached hydrogens (tertiary/aromatic N) is 1. The van der Waals surface area contributed by atoms with Crippen molar-refractivity contribution in [3.05, 3.63) is 101 Å². The molecule has 0 aliphatic carbocycles. The van der Waals surface area contributed by atoms with Crippen LogP contribution in [0.4, 0.5) is 0 Å². The van der Waals surface area contributed by atoms with Gasteiger partial charge in [0.25, 0.3) is 5.91 Å². The van der Waals surface area contributed by atoms with Gasteiger partial charge >= 0.3 is 0 Å². The van der Waals surface area contributed by atoms with E-state index in [1.807, 2.05) is 75.4 Å². The average Bonchev–Trinajstić information content (AvgIpc) is 2.87. The lowest BCUT2D eigenvalue weighted by atomic mass is 10.0. The van der Waals surface area contributed by atoms with Crippen LogP contribution in [0.2, 0.25) is 5.02 Å². The zero-order valence-corrected chi connectivity index (χ0v) is 21.3. The highest BCUT2D eigenvalue weighted by atomic mass is 35.5. The van der Waals surface area contributed by atoms with Gasteiger partial charge in [0.2, 0.25) is 5.91 Å². The molecule has 0 saturated heterocycles. The molecule has 0 bridgehead atoms. The zero-order valence-electron chi connectivity index (χ0n) is 20.5. The first-order valence-electron chi connectivity index (χ1n) is 11.9. The van der Waals surface area contributed by atoms with Crippen LogP contribution in [0.3, 0.4) is 0 Å². The molecule has 3 rings (SSSR count). The number of carbonyl (C=O) groups excluding carboxylic acids is 2. The molecule has 5 nitrogen and oxygen atoms in total. The maximum absolute atomic E-state index is 13.6. The number of halogens is 1. The van der Waals surface area contributed by atoms with Crippen molar-refractivity contribution in [2.24, 2.45) is 0 Å². The van der Waals surface area contributed by atoms with Gasteiger partial charge in [-0.15, -0.1) is 0 Å². The summed E-state index contributed by atoms with van der Waals surface area (Å²) in [4.78, 5) is 28.7. The molecule has 6 heteroatoms. The average molecular weight is 493 g/mol. The Kier molecular flexibility index (Phi) is 9.74. The van der Waals surface area contributed by atoms with Crippen LogP contribution < -0.4 is 10.1 Å². The molecule has 184 valence electrons. The van der Waals surface area contributed by atoms with Gasteiger partial charge in [0.05, 0.1) is 0 Å². The molecule has 3 aromatic rings. The lowest BCUT2D eigenvalue weighted by Crippen LogP contribution is -2.53. The Bertz CT molecular complexity index is 1100. The minimum atomic E-state index is -0.688. The van der Waals surface area contributed by atoms with Gasteiger partial charge in [0.1, 0.15) is 11.8 Å². The number of amides is 2. The zero-order chi connectivity index (χ0) is 25.2. The van der Waals surface area contributed by atoms with Gasteiger partial charge in [-0.1, -0.05) is 73.1 Å². The predicted octanol–water partition coefficient (Wildman–Crippen LogP) is 5.58. The number of carbonyl (C=O) groups is 2. The Hall–Kier alpha value is -3.31. The highest BCUT2D eigenvalue weighted by Gasteiger charge is 2.31. The highest BCUT2D eigenvalue weighted by molar-refractivity contribution is 6.30. The van der Waals surface area contributed by atoms with Crippen LogP contribution in [-0.4, -0.2) is 35.4 Å². The van der Waals surface area contributed by atoms with Gasteiger partial charge in [0.15, 0.2) is 6.61 Å². The highest BCUT2D eigenvalue weighted by Crippen LogP contribution is 2.19. The number of benzene rings is 3. The predicted molar refractivity (Wildman–Crippen MR) is 141 cm³/mol. The summed E-state index contributed by atoms with van der Waals surface area (Å²) in [5, 5.41) is 3.67. The quantitative estimate of drug-likeness (QED) is 0.380. The summed E-state index contributed by atoms with van der Waals surface area (Å²) in [5.74, 6) is 0.113. The van der Waals surface area contributed by atoms with E-state index in [2.05, 4.69) is 5.32 Å². The smallest absolute Gasteiger partial charge is 0.261 e. The van der Waals surface area contributed by atoms with E-state index >= 15 is 0 Å². The van der Waals surface area contributed by atoms with Gasteiger partial charge in [-0.2, -0.15) is 0 Å². The molecule has 0 aromatic heterocycles. The van der Waals surface area contributed by atoms with Crippen LogP contribution in [0.1, 0.15) is 37.0 Å². The van der Waals surface area contributed by atoms with E-state index in [9.17, 15) is 9.59 Å². The van der Waals surface area contributed by atoms with Crippen molar-refractivity contribution in [2.75, 3.05) is 6.61 Å². The van der Waals surface area contributed by atoms with Crippen LogP contribution >= 0.6 is 11.6 Å². The summed E-state index contributed by atoms with van der Waals surface area (Å²) in [5.41, 5.74) is 3.03. The number of nitrogens with one attached hydrogen (secondary N) is 1. The van der Waals surface area contributed by atoms with Gasteiger partial charge in [-0.25, -0.2) is 0 Å². The molecule has 35 heavy (non-hydrogen) atoms. The van der Waals surface area contributed by atoms with Crippen LogP contribution in [0.5, 0.6) is 5.75 Å². The maximum atomic E-state index is 13.6. The van der Waals surface area contributed by atoms with E-state index in [0.29, 0.717) is 23.7 Å². The number of ether oxygens (including phenoxy) is 1. The summed E-state index contributed by atoms with van der Waals surface area (Å²) in [6, 6.07) is 23.9. The van der Waals surface area contributed by atoms with Crippen molar-refractivity contribution >= 4 is 23.4 Å². The molecule has 0 aliphatic rings. The van der Waals surface area contributed by atoms with Crippen LogP contribution in [-0.2, 0) is 22.6 Å². The monoisotopic (exact) mass is 492 g/mol. The molecule has 0 saturated carbocycles. The number of aryl methyl sites for hydroxylation is 1. The van der Waals surface area contributed by atoms with Crippen LogP contribution in [0.25, 0.3) is 0 Å². The summed E-state index contributed by atoms with van der Waals surface area (Å²) in [7, 11) is 0. The van der Waals surface area contributed by atoms with Gasteiger partial charge in [0, 0.05) is 24.0 Å². The minimum Gasteiger partial charge on any atom is -0.484 e. The molecular formula is C29H33ClN2O3. The first-order valence-corrected chi connectivity index (χ1v) is 12.3. The second-order valence-electron chi connectivity index (χ2n) is 8.71. The first kappa shape index (κ1) is 26.3. The Balaban J connectivity index is 1.91. The number of hydrogen-bond acceptors (Lipinski definition) is 3. The van der Waals surface area contributed by atoms with Crippen molar-refractivity contribution in [2.45, 2.75) is 52.2 Å². The van der Waals surface area contributed by atoms with Crippen molar-refractivity contribution in [3.63, 3.8) is 0 Å². The second-order valence-corrected chi connectivity index (χ2v) is 9.15. The van der Waals surface area contributed by atoms with Crippen LogP contribution in [0, 0.1) is 6.92 Å². The molecule has 0 heterocycles. The number of rotatable bonds is 11. The third kappa shape index (κ3) is 7.86. The van der Waals surface area contributed by atoms with E-state index in [1.54, 1.807) is 29.2 Å². The molecular weight excluding hydrogens is 460 g/mol. The van der Waals surface area contributed by atoms with Crippen molar-refractivity contribution in [1.29, 1.82) is 0 Å². The van der Waals surface area contributed by atoms with Crippen molar-refractivity contribution in [1.82, 2.24) is 10.2 Å². The Morgan fingerprint density at radius 3 is 2.29 bits per heavy atom. The Labute approximate surface area is 213 Å². The second kappa shape index (κ2) is 13.0. The Morgan fingerprint density at radius 2 is 1.63 bits per heavy atom. The maximum Gasteiger partial charge on any atom is 0.261 e. The SMILES string of the molecule is CC[C@@H](C)NC(=O)[C@H](Cc1ccccc1)N(Cc1ccccc1C)C(=O)COc1ccc(Cl)cc1. The topological polar surface area (TPSA) is 58.6 Å². The summed E-state index contributed by atoms with van der Waals surface area (Å²) < 4.78 is 5.77. The first-order chi connectivity index (χ1) is 16.9. The van der Waals surface area contributed by atoms with E-state index in [4.69, 9.17) is 16.3 Å². The summed E-state index contributed by atoms with van der Waals surface area (Å²) in [6.07, 6.45) is 1.21. The molecule has 1 N–H and O–H groups in total.